The maximum absolute atomic E-state index is 12.3. The number of hydrogen-bond acceptors (Lipinski definition) is 6. The van der Waals surface area contributed by atoms with Gasteiger partial charge in [-0.15, -0.1) is 6.58 Å². The van der Waals surface area contributed by atoms with Crippen LogP contribution in [0.15, 0.2) is 12.7 Å². The van der Waals surface area contributed by atoms with Crippen LogP contribution in [0.5, 0.6) is 0 Å². The van der Waals surface area contributed by atoms with Gasteiger partial charge < -0.3 is 14.6 Å². The van der Waals surface area contributed by atoms with Crippen LogP contribution < -0.4 is 0 Å². The van der Waals surface area contributed by atoms with E-state index in [1.54, 1.807) is 13.0 Å². The third-order valence-electron chi connectivity index (χ3n) is 4.00. The van der Waals surface area contributed by atoms with E-state index < -0.39 is 35.2 Å². The van der Waals surface area contributed by atoms with Gasteiger partial charge in [0.05, 0.1) is 12.7 Å². The first-order valence-electron chi connectivity index (χ1n) is 7.60. The van der Waals surface area contributed by atoms with E-state index in [0.29, 0.717) is 12.8 Å². The lowest BCUT2D eigenvalue weighted by molar-refractivity contribution is -0.491. The largest absolute Gasteiger partial charge is 0.464 e. The van der Waals surface area contributed by atoms with E-state index in [1.807, 2.05) is 6.92 Å². The number of esters is 1. The van der Waals surface area contributed by atoms with Gasteiger partial charge in [-0.1, -0.05) is 13.0 Å². The zero-order chi connectivity index (χ0) is 16.8. The maximum atomic E-state index is 12.3. The van der Waals surface area contributed by atoms with Crippen LogP contribution in [0.2, 0.25) is 0 Å². The van der Waals surface area contributed by atoms with E-state index in [9.17, 15) is 20.0 Å². The van der Waals surface area contributed by atoms with E-state index in [2.05, 4.69) is 6.58 Å². The van der Waals surface area contributed by atoms with Gasteiger partial charge in [0.1, 0.15) is 6.10 Å². The van der Waals surface area contributed by atoms with Crippen molar-refractivity contribution in [3.8, 4) is 0 Å². The van der Waals surface area contributed by atoms with Gasteiger partial charge in [0.2, 0.25) is 6.54 Å². The van der Waals surface area contributed by atoms with Crippen LogP contribution in [0.4, 0.5) is 0 Å². The lowest BCUT2D eigenvalue weighted by atomic mass is 9.82. The van der Waals surface area contributed by atoms with Gasteiger partial charge >= 0.3 is 5.97 Å². The van der Waals surface area contributed by atoms with Crippen molar-refractivity contribution in [3.63, 3.8) is 0 Å². The molecule has 22 heavy (non-hydrogen) atoms. The molecular formula is C15H25NO6. The Kier molecular flexibility index (Phi) is 6.96. The Bertz CT molecular complexity index is 413. The zero-order valence-corrected chi connectivity index (χ0v) is 13.2. The molecule has 1 aliphatic heterocycles. The Balaban J connectivity index is 2.83. The standard InChI is InChI=1S/C15H25NO6/c1-4-7-15(14(18)21-5-2)8-6-11(3)13(22-15)9-12(17)10-16(19)20/h4,11-13,17H,1,5-10H2,2-3H3/t11?,12?,13?,15-/m1/s1. The van der Waals surface area contributed by atoms with Crippen LogP contribution in [0.1, 0.15) is 39.5 Å². The third-order valence-corrected chi connectivity index (χ3v) is 4.00. The summed E-state index contributed by atoms with van der Waals surface area (Å²) in [5.41, 5.74) is -1.09. The third kappa shape index (κ3) is 4.78. The molecule has 0 aliphatic carbocycles. The van der Waals surface area contributed by atoms with Crippen molar-refractivity contribution in [3.05, 3.63) is 22.8 Å². The molecule has 1 N–H and O–H groups in total. The molecule has 0 saturated carbocycles. The van der Waals surface area contributed by atoms with Crippen LogP contribution in [0.25, 0.3) is 0 Å². The summed E-state index contributed by atoms with van der Waals surface area (Å²) in [5.74, 6) is -0.329. The number of aliphatic hydroxyl groups excluding tert-OH is 1. The first-order valence-corrected chi connectivity index (χ1v) is 7.60. The summed E-state index contributed by atoms with van der Waals surface area (Å²) in [6.45, 7) is 7.06. The van der Waals surface area contributed by atoms with Crippen LogP contribution >= 0.6 is 0 Å². The summed E-state index contributed by atoms with van der Waals surface area (Å²) in [5, 5.41) is 20.2. The highest BCUT2D eigenvalue weighted by Gasteiger charge is 2.47. The number of aliphatic hydroxyl groups is 1. The van der Waals surface area contributed by atoms with E-state index in [1.165, 1.54) is 0 Å². The number of rotatable bonds is 8. The van der Waals surface area contributed by atoms with Gasteiger partial charge in [0.25, 0.3) is 0 Å². The average Bonchev–Trinajstić information content (AvgIpc) is 2.42. The highest BCUT2D eigenvalue weighted by Crippen LogP contribution is 2.37. The fourth-order valence-electron chi connectivity index (χ4n) is 2.79. The molecule has 126 valence electrons. The van der Waals surface area contributed by atoms with Crippen LogP contribution in [0, 0.1) is 16.0 Å². The molecule has 1 aliphatic rings. The second-order valence-corrected chi connectivity index (χ2v) is 5.78. The maximum Gasteiger partial charge on any atom is 0.338 e. The molecule has 1 heterocycles. The van der Waals surface area contributed by atoms with Crippen molar-refractivity contribution in [1.29, 1.82) is 0 Å². The van der Waals surface area contributed by atoms with Crippen LogP contribution in [-0.4, -0.2) is 47.0 Å². The smallest absolute Gasteiger partial charge is 0.338 e. The first-order chi connectivity index (χ1) is 10.3. The molecule has 3 unspecified atom stereocenters. The molecule has 0 spiro atoms. The Hall–Kier alpha value is -1.47. The van der Waals surface area contributed by atoms with Crippen molar-refractivity contribution < 1.29 is 24.3 Å². The van der Waals surface area contributed by atoms with E-state index in [4.69, 9.17) is 9.47 Å². The van der Waals surface area contributed by atoms with Gasteiger partial charge in [-0.25, -0.2) is 4.79 Å². The summed E-state index contributed by atoms with van der Waals surface area (Å²) in [6, 6.07) is 0. The predicted molar refractivity (Wildman–Crippen MR) is 79.9 cm³/mol. The minimum Gasteiger partial charge on any atom is -0.464 e. The summed E-state index contributed by atoms with van der Waals surface area (Å²) >= 11 is 0. The molecule has 0 aromatic rings. The number of carbonyl (C=O) groups is 1. The van der Waals surface area contributed by atoms with Gasteiger partial charge in [-0.3, -0.25) is 10.1 Å². The lowest BCUT2D eigenvalue weighted by Gasteiger charge is -2.42. The monoisotopic (exact) mass is 315 g/mol. The van der Waals surface area contributed by atoms with Gasteiger partial charge in [-0.05, 0) is 25.7 Å². The molecule has 0 aromatic heterocycles. The minimum absolute atomic E-state index is 0.105. The Morgan fingerprint density at radius 3 is 2.91 bits per heavy atom. The van der Waals surface area contributed by atoms with Gasteiger partial charge in [0, 0.05) is 17.8 Å². The zero-order valence-electron chi connectivity index (χ0n) is 13.2. The predicted octanol–water partition coefficient (Wildman–Crippen LogP) is 1.71. The molecular weight excluding hydrogens is 290 g/mol. The topological polar surface area (TPSA) is 98.9 Å². The van der Waals surface area contributed by atoms with E-state index >= 15 is 0 Å². The summed E-state index contributed by atoms with van der Waals surface area (Å²) in [6.07, 6.45) is 1.78. The SMILES string of the molecule is C=CC[C@]1(C(=O)OCC)CCC(C)C(CC(O)C[N+](=O)[O-])O1. The normalized spacial score (nSPS) is 29.6. The molecule has 4 atom stereocenters. The molecule has 0 bridgehead atoms. The second-order valence-electron chi connectivity index (χ2n) is 5.78. The quantitative estimate of drug-likeness (QED) is 0.317. The van der Waals surface area contributed by atoms with Crippen molar-refractivity contribution in [1.82, 2.24) is 0 Å². The van der Waals surface area contributed by atoms with Crippen molar-refractivity contribution in [2.24, 2.45) is 5.92 Å². The molecule has 0 aromatic carbocycles. The number of ether oxygens (including phenoxy) is 2. The van der Waals surface area contributed by atoms with Crippen molar-refractivity contribution >= 4 is 5.97 Å². The van der Waals surface area contributed by atoms with Gasteiger partial charge in [-0.2, -0.15) is 0 Å². The fourth-order valence-corrected chi connectivity index (χ4v) is 2.79. The van der Waals surface area contributed by atoms with Gasteiger partial charge in [0.15, 0.2) is 5.60 Å². The Morgan fingerprint density at radius 2 is 2.36 bits per heavy atom. The molecule has 1 fully saturated rings. The minimum atomic E-state index is -1.09. The number of nitro groups is 1. The lowest BCUT2D eigenvalue weighted by Crippen LogP contribution is -2.51. The van der Waals surface area contributed by atoms with Crippen molar-refractivity contribution in [2.75, 3.05) is 13.2 Å². The number of carbonyl (C=O) groups excluding carboxylic acids is 1. The molecule has 7 heteroatoms. The number of hydrogen-bond donors (Lipinski definition) is 1. The molecule has 0 radical (unpaired) electrons. The van der Waals surface area contributed by atoms with E-state index in [0.717, 1.165) is 6.42 Å². The van der Waals surface area contributed by atoms with Crippen LogP contribution in [0.3, 0.4) is 0 Å². The highest BCUT2D eigenvalue weighted by molar-refractivity contribution is 5.80. The highest BCUT2D eigenvalue weighted by atomic mass is 16.6. The van der Waals surface area contributed by atoms with E-state index in [-0.39, 0.29) is 18.9 Å². The summed E-state index contributed by atoms with van der Waals surface area (Å²) in [7, 11) is 0. The molecule has 1 saturated heterocycles. The fraction of sp³-hybridized carbons (Fsp3) is 0.800. The molecule has 0 amide bonds. The first kappa shape index (κ1) is 18.6. The second kappa shape index (κ2) is 8.24. The Morgan fingerprint density at radius 1 is 1.68 bits per heavy atom. The Labute approximate surface area is 130 Å². The van der Waals surface area contributed by atoms with Crippen LogP contribution in [-0.2, 0) is 14.3 Å². The molecule has 1 rings (SSSR count). The summed E-state index contributed by atoms with van der Waals surface area (Å²) < 4.78 is 11.1. The summed E-state index contributed by atoms with van der Waals surface area (Å²) in [4.78, 5) is 22.2. The molecule has 7 nitrogen and oxygen atoms in total. The van der Waals surface area contributed by atoms with Crippen molar-refractivity contribution in [2.45, 2.75) is 57.3 Å². The average molecular weight is 315 g/mol. The number of nitrogens with zero attached hydrogens (tertiary/aromatic N) is 1.